The first-order valence-electron chi connectivity index (χ1n) is 7.19. The first-order chi connectivity index (χ1) is 9.74. The van der Waals surface area contributed by atoms with Gasteiger partial charge in [-0.15, -0.1) is 0 Å². The van der Waals surface area contributed by atoms with Gasteiger partial charge in [0.15, 0.2) is 0 Å². The first-order valence-corrected chi connectivity index (χ1v) is 7.19. The molecule has 0 radical (unpaired) electrons. The standard InChI is InChI=1S/C16H23N3O/c1-3-13(2)19-11-9-15(18-19)12-20-16-7-5-4-6-14(16)8-10-17/h4-7,9,11,13H,3,8,10,12,17H2,1-2H3. The molecule has 0 saturated heterocycles. The molecule has 0 fully saturated rings. The molecule has 0 aliphatic heterocycles. The summed E-state index contributed by atoms with van der Waals surface area (Å²) in [4.78, 5) is 0. The van der Waals surface area contributed by atoms with E-state index in [0.29, 0.717) is 19.2 Å². The summed E-state index contributed by atoms with van der Waals surface area (Å²) in [5, 5.41) is 4.54. The lowest BCUT2D eigenvalue weighted by molar-refractivity contribution is 0.295. The molecular weight excluding hydrogens is 250 g/mol. The second-order valence-corrected chi connectivity index (χ2v) is 4.98. The molecule has 2 N–H and O–H groups in total. The normalized spacial score (nSPS) is 12.3. The van der Waals surface area contributed by atoms with Gasteiger partial charge in [-0.2, -0.15) is 5.10 Å². The van der Waals surface area contributed by atoms with E-state index in [1.165, 1.54) is 0 Å². The van der Waals surface area contributed by atoms with Crippen LogP contribution in [-0.2, 0) is 13.0 Å². The molecule has 0 bridgehead atoms. The summed E-state index contributed by atoms with van der Waals surface area (Å²) in [5.41, 5.74) is 7.72. The van der Waals surface area contributed by atoms with Gasteiger partial charge in [-0.25, -0.2) is 0 Å². The van der Waals surface area contributed by atoms with Crippen LogP contribution in [0.2, 0.25) is 0 Å². The lowest BCUT2D eigenvalue weighted by atomic mass is 10.1. The van der Waals surface area contributed by atoms with Crippen LogP contribution in [0, 0.1) is 0 Å². The summed E-state index contributed by atoms with van der Waals surface area (Å²) in [5.74, 6) is 0.899. The molecule has 108 valence electrons. The average Bonchev–Trinajstić information content (AvgIpc) is 2.95. The Hall–Kier alpha value is -1.81. The molecule has 2 rings (SSSR count). The zero-order valence-corrected chi connectivity index (χ0v) is 12.2. The fraction of sp³-hybridized carbons (Fsp3) is 0.438. The number of nitrogens with two attached hydrogens (primary N) is 1. The number of nitrogens with zero attached hydrogens (tertiary/aromatic N) is 2. The van der Waals surface area contributed by atoms with Crippen LogP contribution in [0.4, 0.5) is 0 Å². The van der Waals surface area contributed by atoms with Crippen molar-refractivity contribution in [2.45, 2.75) is 39.3 Å². The van der Waals surface area contributed by atoms with E-state index >= 15 is 0 Å². The van der Waals surface area contributed by atoms with E-state index in [1.54, 1.807) is 0 Å². The summed E-state index contributed by atoms with van der Waals surface area (Å²) in [6, 6.07) is 10.5. The number of benzene rings is 1. The van der Waals surface area contributed by atoms with E-state index < -0.39 is 0 Å². The highest BCUT2D eigenvalue weighted by molar-refractivity contribution is 5.33. The minimum absolute atomic E-state index is 0.424. The van der Waals surface area contributed by atoms with Crippen molar-refractivity contribution >= 4 is 0 Å². The molecule has 0 amide bonds. The topological polar surface area (TPSA) is 53.1 Å². The molecule has 0 aliphatic rings. The van der Waals surface area contributed by atoms with Crippen molar-refractivity contribution in [2.75, 3.05) is 6.54 Å². The molecule has 1 aromatic carbocycles. The third kappa shape index (κ3) is 3.61. The molecule has 0 saturated carbocycles. The summed E-state index contributed by atoms with van der Waals surface area (Å²) >= 11 is 0. The maximum Gasteiger partial charge on any atom is 0.132 e. The Bertz CT molecular complexity index is 536. The van der Waals surface area contributed by atoms with Gasteiger partial charge in [-0.05, 0) is 44.0 Å². The maximum absolute atomic E-state index is 5.87. The summed E-state index contributed by atoms with van der Waals surface area (Å²) in [6.07, 6.45) is 3.91. The molecule has 2 aromatic rings. The molecule has 1 atom stereocenters. The SMILES string of the molecule is CCC(C)n1ccc(COc2ccccc2CCN)n1. The van der Waals surface area contributed by atoms with Crippen LogP contribution >= 0.6 is 0 Å². The van der Waals surface area contributed by atoms with Gasteiger partial charge in [-0.1, -0.05) is 25.1 Å². The quantitative estimate of drug-likeness (QED) is 0.844. The predicted molar refractivity (Wildman–Crippen MR) is 80.8 cm³/mol. The van der Waals surface area contributed by atoms with Crippen LogP contribution in [-0.4, -0.2) is 16.3 Å². The van der Waals surface area contributed by atoms with E-state index in [4.69, 9.17) is 10.5 Å². The van der Waals surface area contributed by atoms with Gasteiger partial charge in [0.1, 0.15) is 12.4 Å². The maximum atomic E-state index is 5.87. The Balaban J connectivity index is 2.00. The zero-order valence-electron chi connectivity index (χ0n) is 12.2. The largest absolute Gasteiger partial charge is 0.487 e. The lowest BCUT2D eigenvalue weighted by Gasteiger charge is -2.10. The molecule has 4 nitrogen and oxygen atoms in total. The van der Waals surface area contributed by atoms with E-state index in [-0.39, 0.29) is 0 Å². The van der Waals surface area contributed by atoms with Crippen LogP contribution in [0.5, 0.6) is 5.75 Å². The van der Waals surface area contributed by atoms with Gasteiger partial charge in [0.05, 0.1) is 5.69 Å². The number of rotatable bonds is 7. The number of hydrogen-bond acceptors (Lipinski definition) is 3. The number of para-hydroxylation sites is 1. The second-order valence-electron chi connectivity index (χ2n) is 4.98. The van der Waals surface area contributed by atoms with Gasteiger partial charge in [0.25, 0.3) is 0 Å². The van der Waals surface area contributed by atoms with Crippen LogP contribution in [0.25, 0.3) is 0 Å². The van der Waals surface area contributed by atoms with Crippen LogP contribution in [0.1, 0.15) is 37.6 Å². The number of hydrogen-bond donors (Lipinski definition) is 1. The van der Waals surface area contributed by atoms with Crippen LogP contribution in [0.3, 0.4) is 0 Å². The average molecular weight is 273 g/mol. The van der Waals surface area contributed by atoms with Crippen molar-refractivity contribution in [2.24, 2.45) is 5.73 Å². The zero-order chi connectivity index (χ0) is 14.4. The Morgan fingerprint density at radius 1 is 1.30 bits per heavy atom. The summed E-state index contributed by atoms with van der Waals surface area (Å²) in [6.45, 7) is 5.44. The molecule has 0 aliphatic carbocycles. The highest BCUT2D eigenvalue weighted by Crippen LogP contribution is 2.19. The molecule has 0 spiro atoms. The van der Waals surface area contributed by atoms with Gasteiger partial charge in [-0.3, -0.25) is 4.68 Å². The fourth-order valence-electron chi connectivity index (χ4n) is 2.05. The van der Waals surface area contributed by atoms with Crippen molar-refractivity contribution in [3.63, 3.8) is 0 Å². The molecular formula is C16H23N3O. The Morgan fingerprint density at radius 3 is 2.85 bits per heavy atom. The Morgan fingerprint density at radius 2 is 2.10 bits per heavy atom. The first kappa shape index (κ1) is 14.6. The molecule has 1 unspecified atom stereocenters. The van der Waals surface area contributed by atoms with Gasteiger partial charge in [0.2, 0.25) is 0 Å². The minimum Gasteiger partial charge on any atom is -0.487 e. The number of aromatic nitrogens is 2. The molecule has 20 heavy (non-hydrogen) atoms. The highest BCUT2D eigenvalue weighted by Gasteiger charge is 2.07. The van der Waals surface area contributed by atoms with Crippen molar-refractivity contribution in [3.05, 3.63) is 47.8 Å². The van der Waals surface area contributed by atoms with Crippen molar-refractivity contribution in [1.29, 1.82) is 0 Å². The molecule has 4 heteroatoms. The third-order valence-corrected chi connectivity index (χ3v) is 3.47. The molecule has 1 aromatic heterocycles. The monoisotopic (exact) mass is 273 g/mol. The van der Waals surface area contributed by atoms with E-state index in [9.17, 15) is 0 Å². The van der Waals surface area contributed by atoms with Gasteiger partial charge < -0.3 is 10.5 Å². The third-order valence-electron chi connectivity index (χ3n) is 3.47. The van der Waals surface area contributed by atoms with Crippen molar-refractivity contribution in [1.82, 2.24) is 9.78 Å². The van der Waals surface area contributed by atoms with E-state index in [2.05, 4.69) is 25.0 Å². The van der Waals surface area contributed by atoms with Crippen LogP contribution < -0.4 is 10.5 Å². The summed E-state index contributed by atoms with van der Waals surface area (Å²) in [7, 11) is 0. The van der Waals surface area contributed by atoms with Gasteiger partial charge >= 0.3 is 0 Å². The minimum atomic E-state index is 0.424. The summed E-state index contributed by atoms with van der Waals surface area (Å²) < 4.78 is 7.86. The van der Waals surface area contributed by atoms with E-state index in [0.717, 1.165) is 29.8 Å². The van der Waals surface area contributed by atoms with E-state index in [1.807, 2.05) is 35.1 Å². The smallest absolute Gasteiger partial charge is 0.132 e. The van der Waals surface area contributed by atoms with Gasteiger partial charge in [0, 0.05) is 12.2 Å². The molecule has 1 heterocycles. The lowest BCUT2D eigenvalue weighted by Crippen LogP contribution is -2.07. The number of ether oxygens (including phenoxy) is 1. The predicted octanol–water partition coefficient (Wildman–Crippen LogP) is 2.93. The van der Waals surface area contributed by atoms with Crippen molar-refractivity contribution < 1.29 is 4.74 Å². The van der Waals surface area contributed by atoms with Crippen molar-refractivity contribution in [3.8, 4) is 5.75 Å². The highest BCUT2D eigenvalue weighted by atomic mass is 16.5. The fourth-order valence-corrected chi connectivity index (χ4v) is 2.05. The second kappa shape index (κ2) is 7.10. The van der Waals surface area contributed by atoms with Crippen LogP contribution in [0.15, 0.2) is 36.5 Å². The Labute approximate surface area is 120 Å². The Kier molecular flexibility index (Phi) is 5.18.